The van der Waals surface area contributed by atoms with Gasteiger partial charge in [0, 0.05) is 11.4 Å². The number of nitrogens with one attached hydrogen (secondary N) is 1. The number of aromatic nitrogens is 2. The number of hydrogen-bond acceptors (Lipinski definition) is 8. The van der Waals surface area contributed by atoms with Crippen LogP contribution in [0.1, 0.15) is 31.7 Å². The number of carbonyl (C=O) groups is 3. The average molecular weight is 383 g/mol. The zero-order chi connectivity index (χ0) is 19.7. The largest absolute Gasteiger partial charge is 0.467 e. The average Bonchev–Trinajstić information content (AvgIpc) is 2.55. The van der Waals surface area contributed by atoms with Crippen LogP contribution in [0.4, 0.5) is 0 Å². The van der Waals surface area contributed by atoms with Crippen LogP contribution in [0.25, 0.3) is 0 Å². The van der Waals surface area contributed by atoms with Gasteiger partial charge in [0.05, 0.1) is 12.9 Å². The van der Waals surface area contributed by atoms with Crippen LogP contribution in [0.2, 0.25) is 0 Å². The smallest absolute Gasteiger partial charge is 0.328 e. The van der Waals surface area contributed by atoms with E-state index in [9.17, 15) is 14.4 Å². The molecule has 1 aromatic heterocycles. The molecule has 0 fully saturated rings. The number of carbonyl (C=O) groups excluding carboxylic acids is 3. The molecule has 1 rings (SSSR count). The molecule has 0 aliphatic carbocycles. The highest BCUT2D eigenvalue weighted by Crippen LogP contribution is 2.14. The Morgan fingerprint density at radius 1 is 1.19 bits per heavy atom. The Hall–Kier alpha value is -2.16. The van der Waals surface area contributed by atoms with E-state index in [4.69, 9.17) is 4.74 Å². The van der Waals surface area contributed by atoms with E-state index in [1.807, 2.05) is 33.8 Å². The first-order valence-corrected chi connectivity index (χ1v) is 9.17. The molecule has 1 heterocycles. The molecule has 0 saturated carbocycles. The molecule has 0 spiro atoms. The minimum Gasteiger partial charge on any atom is -0.467 e. The first kappa shape index (κ1) is 21.9. The predicted octanol–water partition coefficient (Wildman–Crippen LogP) is 1.43. The van der Waals surface area contributed by atoms with Crippen LogP contribution in [0.5, 0.6) is 0 Å². The van der Waals surface area contributed by atoms with E-state index in [0.717, 1.165) is 23.1 Å². The van der Waals surface area contributed by atoms with Crippen LogP contribution in [-0.4, -0.2) is 53.3 Å². The molecule has 0 aliphatic heterocycles. The molecule has 0 bridgehead atoms. The lowest BCUT2D eigenvalue weighted by molar-refractivity contribution is -0.149. The summed E-state index contributed by atoms with van der Waals surface area (Å²) in [6, 6.07) is 1.07. The van der Waals surface area contributed by atoms with Crippen molar-refractivity contribution in [3.8, 4) is 0 Å². The van der Waals surface area contributed by atoms with Crippen LogP contribution < -0.4 is 5.32 Å². The molecule has 0 aliphatic rings. The molecule has 8 nitrogen and oxygen atoms in total. The van der Waals surface area contributed by atoms with Crippen molar-refractivity contribution in [2.45, 2.75) is 45.3 Å². The lowest BCUT2D eigenvalue weighted by Crippen LogP contribution is -2.44. The first-order chi connectivity index (χ1) is 12.2. The number of rotatable bonds is 9. The van der Waals surface area contributed by atoms with Gasteiger partial charge in [-0.05, 0) is 32.3 Å². The van der Waals surface area contributed by atoms with Crippen LogP contribution in [-0.2, 0) is 23.9 Å². The Bertz CT molecular complexity index is 631. The second kappa shape index (κ2) is 10.7. The van der Waals surface area contributed by atoms with Crippen LogP contribution in [0.3, 0.4) is 0 Å². The molecule has 1 unspecified atom stereocenters. The number of amides is 1. The van der Waals surface area contributed by atoms with Crippen molar-refractivity contribution < 1.29 is 23.9 Å². The minimum atomic E-state index is -0.760. The number of thioether (sulfide) groups is 1. The summed E-state index contributed by atoms with van der Waals surface area (Å²) in [5.41, 5.74) is 1.62. The van der Waals surface area contributed by atoms with E-state index < -0.39 is 30.5 Å². The van der Waals surface area contributed by atoms with E-state index in [0.29, 0.717) is 11.6 Å². The fourth-order valence-corrected chi connectivity index (χ4v) is 2.88. The van der Waals surface area contributed by atoms with Crippen molar-refractivity contribution in [2.75, 3.05) is 19.5 Å². The first-order valence-electron chi connectivity index (χ1n) is 8.19. The zero-order valence-electron chi connectivity index (χ0n) is 15.7. The quantitative estimate of drug-likeness (QED) is 0.388. The molecule has 0 saturated heterocycles. The van der Waals surface area contributed by atoms with E-state index in [2.05, 4.69) is 20.0 Å². The molecular weight excluding hydrogens is 358 g/mol. The maximum Gasteiger partial charge on any atom is 0.328 e. The van der Waals surface area contributed by atoms with Gasteiger partial charge in [0.15, 0.2) is 11.8 Å². The number of esters is 2. The van der Waals surface area contributed by atoms with E-state index >= 15 is 0 Å². The Morgan fingerprint density at radius 3 is 2.35 bits per heavy atom. The summed E-state index contributed by atoms with van der Waals surface area (Å²) in [7, 11) is 1.26. The van der Waals surface area contributed by atoms with Crippen molar-refractivity contribution in [3.63, 3.8) is 0 Å². The van der Waals surface area contributed by atoms with Crippen LogP contribution in [0, 0.1) is 19.8 Å². The van der Waals surface area contributed by atoms with E-state index in [1.165, 1.54) is 7.11 Å². The molecule has 26 heavy (non-hydrogen) atoms. The Kier molecular flexibility index (Phi) is 9.04. The third-order valence-corrected chi connectivity index (χ3v) is 3.99. The lowest BCUT2D eigenvalue weighted by atomic mass is 10.0. The van der Waals surface area contributed by atoms with Crippen LogP contribution >= 0.6 is 11.8 Å². The van der Waals surface area contributed by atoms with E-state index in [1.54, 1.807) is 0 Å². The van der Waals surface area contributed by atoms with Gasteiger partial charge in [-0.3, -0.25) is 9.59 Å². The lowest BCUT2D eigenvalue weighted by Gasteiger charge is -2.18. The number of ether oxygens (including phenoxy) is 2. The molecule has 1 amide bonds. The van der Waals surface area contributed by atoms with Gasteiger partial charge in [-0.2, -0.15) is 0 Å². The SMILES string of the molecule is COC(=O)C(CC(C)C)NC(=O)COC(=O)CSc1nc(C)cc(C)n1. The maximum absolute atomic E-state index is 11.9. The van der Waals surface area contributed by atoms with Crippen molar-refractivity contribution in [1.82, 2.24) is 15.3 Å². The Labute approximate surface area is 157 Å². The van der Waals surface area contributed by atoms with Gasteiger partial charge < -0.3 is 14.8 Å². The summed E-state index contributed by atoms with van der Waals surface area (Å²) < 4.78 is 9.59. The number of methoxy groups -OCH3 is 1. The summed E-state index contributed by atoms with van der Waals surface area (Å²) in [5.74, 6) is -1.46. The van der Waals surface area contributed by atoms with Gasteiger partial charge in [-0.15, -0.1) is 0 Å². The third kappa shape index (κ3) is 8.28. The molecular formula is C17H25N3O5S. The van der Waals surface area contributed by atoms with Gasteiger partial charge in [0.25, 0.3) is 5.91 Å². The topological polar surface area (TPSA) is 107 Å². The standard InChI is InChI=1S/C17H25N3O5S/c1-10(2)6-13(16(23)24-5)20-14(21)8-25-15(22)9-26-17-18-11(3)7-12(4)19-17/h7,10,13H,6,8-9H2,1-5H3,(H,20,21). The van der Waals surface area contributed by atoms with Crippen molar-refractivity contribution in [3.05, 3.63) is 17.5 Å². The summed E-state index contributed by atoms with van der Waals surface area (Å²) in [5, 5.41) is 3.00. The zero-order valence-corrected chi connectivity index (χ0v) is 16.5. The molecule has 1 atom stereocenters. The molecule has 9 heteroatoms. The van der Waals surface area contributed by atoms with Gasteiger partial charge >= 0.3 is 11.9 Å². The molecule has 1 aromatic rings. The fourth-order valence-electron chi connectivity index (χ4n) is 2.13. The molecule has 144 valence electrons. The summed E-state index contributed by atoms with van der Waals surface area (Å²) >= 11 is 1.14. The molecule has 0 radical (unpaired) electrons. The minimum absolute atomic E-state index is 0.0113. The third-order valence-electron chi connectivity index (χ3n) is 3.17. The fraction of sp³-hybridized carbons (Fsp3) is 0.588. The monoisotopic (exact) mass is 383 g/mol. The van der Waals surface area contributed by atoms with Crippen molar-refractivity contribution in [1.29, 1.82) is 0 Å². The van der Waals surface area contributed by atoms with E-state index in [-0.39, 0.29) is 11.7 Å². The normalized spacial score (nSPS) is 11.8. The molecule has 0 aromatic carbocycles. The summed E-state index contributed by atoms with van der Waals surface area (Å²) in [6.45, 7) is 7.08. The second-order valence-electron chi connectivity index (χ2n) is 6.16. The van der Waals surface area contributed by atoms with Crippen molar-refractivity contribution >= 4 is 29.6 Å². The highest BCUT2D eigenvalue weighted by atomic mass is 32.2. The van der Waals surface area contributed by atoms with Gasteiger partial charge in [-0.25, -0.2) is 14.8 Å². The summed E-state index contributed by atoms with van der Waals surface area (Å²) in [4.78, 5) is 43.8. The Balaban J connectivity index is 2.42. The highest BCUT2D eigenvalue weighted by molar-refractivity contribution is 7.99. The number of hydrogen-bond donors (Lipinski definition) is 1. The molecule has 1 N–H and O–H groups in total. The number of aryl methyl sites for hydroxylation is 2. The van der Waals surface area contributed by atoms with Gasteiger partial charge in [0.1, 0.15) is 6.04 Å². The van der Waals surface area contributed by atoms with Gasteiger partial charge in [0.2, 0.25) is 0 Å². The Morgan fingerprint density at radius 2 is 1.81 bits per heavy atom. The van der Waals surface area contributed by atoms with Crippen molar-refractivity contribution in [2.24, 2.45) is 5.92 Å². The number of nitrogens with zero attached hydrogens (tertiary/aromatic N) is 2. The van der Waals surface area contributed by atoms with Crippen LogP contribution in [0.15, 0.2) is 11.2 Å². The maximum atomic E-state index is 11.9. The summed E-state index contributed by atoms with van der Waals surface area (Å²) in [6.07, 6.45) is 0.437. The predicted molar refractivity (Wildman–Crippen MR) is 96.6 cm³/mol. The van der Waals surface area contributed by atoms with Gasteiger partial charge in [-0.1, -0.05) is 25.6 Å². The highest BCUT2D eigenvalue weighted by Gasteiger charge is 2.23. The second-order valence-corrected chi connectivity index (χ2v) is 7.10.